The van der Waals surface area contributed by atoms with E-state index in [9.17, 15) is 4.79 Å². The van der Waals surface area contributed by atoms with Crippen molar-refractivity contribution in [2.45, 2.75) is 51.2 Å². The van der Waals surface area contributed by atoms with Crippen LogP contribution < -0.4 is 0 Å². The third-order valence-electron chi connectivity index (χ3n) is 4.32. The Morgan fingerprint density at radius 1 is 1.32 bits per heavy atom. The molecule has 0 aliphatic carbocycles. The molecule has 0 aromatic carbocycles. The van der Waals surface area contributed by atoms with Crippen LogP contribution in [0.5, 0.6) is 0 Å². The maximum Gasteiger partial charge on any atom is 0.410 e. The van der Waals surface area contributed by atoms with Crippen LogP contribution in [0.1, 0.15) is 27.7 Å². The van der Waals surface area contributed by atoms with Gasteiger partial charge in [-0.3, -0.25) is 4.90 Å². The molecule has 0 bridgehead atoms. The summed E-state index contributed by atoms with van der Waals surface area (Å²) in [4.78, 5) is 14.3. The van der Waals surface area contributed by atoms with Gasteiger partial charge >= 0.3 is 6.09 Å². The number of hydrogen-bond acceptors (Lipinski definition) is 5. The van der Waals surface area contributed by atoms with Crippen molar-refractivity contribution < 1.29 is 23.7 Å². The summed E-state index contributed by atoms with van der Waals surface area (Å²) in [5.41, 5.74) is 0.417. The quantitative estimate of drug-likeness (QED) is 0.590. The predicted octanol–water partition coefficient (Wildman–Crippen LogP) is 2.19. The zero-order valence-electron chi connectivity index (χ0n) is 14.3. The van der Waals surface area contributed by atoms with Gasteiger partial charge in [-0.2, -0.15) is 0 Å². The van der Waals surface area contributed by atoms with Crippen LogP contribution in [0.15, 0.2) is 12.2 Å². The Kier molecular flexibility index (Phi) is 4.57. The molecular formula is C16H27NO5. The minimum Gasteiger partial charge on any atom is -0.444 e. The molecule has 6 nitrogen and oxygen atoms in total. The molecule has 2 aliphatic heterocycles. The zero-order chi connectivity index (χ0) is 16.7. The normalized spacial score (nSPS) is 30.3. The first-order valence-corrected chi connectivity index (χ1v) is 7.52. The van der Waals surface area contributed by atoms with Crippen LogP contribution in [0.2, 0.25) is 0 Å². The summed E-state index contributed by atoms with van der Waals surface area (Å²) in [6.45, 7) is 12.3. The van der Waals surface area contributed by atoms with Crippen LogP contribution in [-0.4, -0.2) is 61.9 Å². The molecule has 2 saturated heterocycles. The topological polar surface area (TPSA) is 57.2 Å². The largest absolute Gasteiger partial charge is 0.444 e. The van der Waals surface area contributed by atoms with E-state index in [4.69, 9.17) is 18.9 Å². The Balaban J connectivity index is 2.32. The second-order valence-electron chi connectivity index (χ2n) is 7.03. The SMILES string of the molecule is C=C(C)[C@@H]1CN(C(=O)OC(C)(C)C)[C@H]2[C@@H]1OCC2(OC)OC. The molecule has 2 fully saturated rings. The molecule has 2 heterocycles. The van der Waals surface area contributed by atoms with Gasteiger partial charge in [-0.25, -0.2) is 4.79 Å². The summed E-state index contributed by atoms with van der Waals surface area (Å²) in [5, 5.41) is 0. The molecule has 2 rings (SSSR count). The van der Waals surface area contributed by atoms with Gasteiger partial charge in [-0.15, -0.1) is 0 Å². The Morgan fingerprint density at radius 3 is 2.36 bits per heavy atom. The average molecular weight is 313 g/mol. The van der Waals surface area contributed by atoms with Crippen LogP contribution in [0.25, 0.3) is 0 Å². The second kappa shape index (κ2) is 5.83. The Labute approximate surface area is 132 Å². The van der Waals surface area contributed by atoms with E-state index in [1.165, 1.54) is 0 Å². The lowest BCUT2D eigenvalue weighted by Gasteiger charge is -2.36. The van der Waals surface area contributed by atoms with Gasteiger partial charge < -0.3 is 18.9 Å². The van der Waals surface area contributed by atoms with E-state index in [-0.39, 0.29) is 30.8 Å². The standard InChI is InChI=1S/C16H27NO5/c1-10(2)11-8-17(14(18)22-15(3,4)5)13-12(11)21-9-16(13,19-6)20-7/h11-13H,1,8-9H2,2-7H3/t11-,12+,13-/m0/s1. The van der Waals surface area contributed by atoms with Crippen molar-refractivity contribution in [1.29, 1.82) is 0 Å². The number of nitrogens with zero attached hydrogens (tertiary/aromatic N) is 1. The highest BCUT2D eigenvalue weighted by Crippen LogP contribution is 2.43. The lowest BCUT2D eigenvalue weighted by atomic mass is 9.94. The molecular weight excluding hydrogens is 286 g/mol. The van der Waals surface area contributed by atoms with Crippen LogP contribution in [-0.2, 0) is 18.9 Å². The van der Waals surface area contributed by atoms with Crippen molar-refractivity contribution in [1.82, 2.24) is 4.90 Å². The van der Waals surface area contributed by atoms with E-state index in [1.807, 2.05) is 27.7 Å². The lowest BCUT2D eigenvalue weighted by Crippen LogP contribution is -2.55. The number of methoxy groups -OCH3 is 2. The molecule has 0 aromatic heterocycles. The van der Waals surface area contributed by atoms with Gasteiger partial charge in [0.2, 0.25) is 5.79 Å². The Bertz CT molecular complexity index is 452. The minimum absolute atomic E-state index is 0.0460. The number of amides is 1. The van der Waals surface area contributed by atoms with Crippen molar-refractivity contribution >= 4 is 6.09 Å². The van der Waals surface area contributed by atoms with Crippen molar-refractivity contribution in [3.05, 3.63) is 12.2 Å². The smallest absolute Gasteiger partial charge is 0.410 e. The van der Waals surface area contributed by atoms with Crippen LogP contribution >= 0.6 is 0 Å². The van der Waals surface area contributed by atoms with Gasteiger partial charge in [0, 0.05) is 26.7 Å². The number of likely N-dealkylation sites (tertiary alicyclic amines) is 1. The summed E-state index contributed by atoms with van der Waals surface area (Å²) >= 11 is 0. The highest BCUT2D eigenvalue weighted by molar-refractivity contribution is 5.69. The molecule has 22 heavy (non-hydrogen) atoms. The molecule has 1 amide bonds. The van der Waals surface area contributed by atoms with E-state index in [0.717, 1.165) is 5.57 Å². The van der Waals surface area contributed by atoms with Gasteiger partial charge in [0.1, 0.15) is 18.2 Å². The second-order valence-corrected chi connectivity index (χ2v) is 7.03. The van der Waals surface area contributed by atoms with Gasteiger partial charge in [0.25, 0.3) is 0 Å². The van der Waals surface area contributed by atoms with Crippen molar-refractivity contribution in [2.24, 2.45) is 5.92 Å². The molecule has 0 saturated carbocycles. The number of carbonyl (C=O) groups is 1. The van der Waals surface area contributed by atoms with Crippen molar-refractivity contribution in [3.8, 4) is 0 Å². The molecule has 126 valence electrons. The fourth-order valence-corrected chi connectivity index (χ4v) is 3.21. The first-order chi connectivity index (χ1) is 10.1. The monoisotopic (exact) mass is 313 g/mol. The van der Waals surface area contributed by atoms with E-state index in [0.29, 0.717) is 6.54 Å². The summed E-state index contributed by atoms with van der Waals surface area (Å²) < 4.78 is 22.6. The summed E-state index contributed by atoms with van der Waals surface area (Å²) in [6.07, 6.45) is -0.569. The fraction of sp³-hybridized carbons (Fsp3) is 0.812. The zero-order valence-corrected chi connectivity index (χ0v) is 14.3. The third kappa shape index (κ3) is 2.87. The molecule has 0 unspecified atom stereocenters. The third-order valence-corrected chi connectivity index (χ3v) is 4.32. The maximum absolute atomic E-state index is 12.6. The first-order valence-electron chi connectivity index (χ1n) is 7.52. The summed E-state index contributed by atoms with van der Waals surface area (Å²) in [7, 11) is 3.13. The molecule has 0 radical (unpaired) electrons. The molecule has 3 atom stereocenters. The predicted molar refractivity (Wildman–Crippen MR) is 81.5 cm³/mol. The lowest BCUT2D eigenvalue weighted by molar-refractivity contribution is -0.224. The Hall–Kier alpha value is -1.11. The van der Waals surface area contributed by atoms with Gasteiger partial charge in [0.15, 0.2) is 0 Å². The molecule has 2 aliphatic rings. The molecule has 0 spiro atoms. The maximum atomic E-state index is 12.6. The summed E-state index contributed by atoms with van der Waals surface area (Å²) in [5.74, 6) is -0.920. The summed E-state index contributed by atoms with van der Waals surface area (Å²) in [6, 6.07) is -0.348. The first kappa shape index (κ1) is 17.2. The minimum atomic E-state index is -0.966. The van der Waals surface area contributed by atoms with E-state index in [2.05, 4.69) is 6.58 Å². The Morgan fingerprint density at radius 2 is 1.91 bits per heavy atom. The van der Waals surface area contributed by atoms with Crippen LogP contribution in [0.3, 0.4) is 0 Å². The molecule has 0 N–H and O–H groups in total. The molecule has 0 aromatic rings. The van der Waals surface area contributed by atoms with Crippen molar-refractivity contribution in [3.63, 3.8) is 0 Å². The number of rotatable bonds is 3. The number of ether oxygens (including phenoxy) is 4. The van der Waals surface area contributed by atoms with Gasteiger partial charge in [0.05, 0.1) is 6.10 Å². The van der Waals surface area contributed by atoms with E-state index >= 15 is 0 Å². The van der Waals surface area contributed by atoms with Crippen LogP contribution in [0.4, 0.5) is 4.79 Å². The molecule has 6 heteroatoms. The number of hydrogen-bond donors (Lipinski definition) is 0. The van der Waals surface area contributed by atoms with Gasteiger partial charge in [-0.1, -0.05) is 12.2 Å². The highest BCUT2D eigenvalue weighted by atomic mass is 16.7. The van der Waals surface area contributed by atoms with E-state index < -0.39 is 11.4 Å². The van der Waals surface area contributed by atoms with E-state index in [1.54, 1.807) is 19.1 Å². The van der Waals surface area contributed by atoms with Gasteiger partial charge in [-0.05, 0) is 27.7 Å². The number of carbonyl (C=O) groups excluding carboxylic acids is 1. The van der Waals surface area contributed by atoms with Crippen molar-refractivity contribution in [2.75, 3.05) is 27.4 Å². The highest BCUT2D eigenvalue weighted by Gasteiger charge is 2.62. The number of fused-ring (bicyclic) bond motifs is 1. The van der Waals surface area contributed by atoms with Crippen LogP contribution in [0, 0.1) is 5.92 Å². The fourth-order valence-electron chi connectivity index (χ4n) is 3.21. The average Bonchev–Trinajstić information content (AvgIpc) is 2.94.